The molecule has 0 amide bonds. The SMILES string of the molecule is Cc1cc(C)c(-c2cccc(-c3c(C)cc(C)cc3C)c2[Te]2(O)O[Te](O)(c3c(-c4c(C)cc(C)cc4C)cccc3-c3c(C)cc(C)cc3C)O2)c(C)c1. The van der Waals surface area contributed by atoms with Gasteiger partial charge in [-0.05, 0) is 0 Å². The van der Waals surface area contributed by atoms with Crippen molar-refractivity contribution in [2.75, 3.05) is 0 Å². The maximum absolute atomic E-state index is 13.1. The predicted molar refractivity (Wildman–Crippen MR) is 229 cm³/mol. The molecule has 6 aromatic rings. The van der Waals surface area contributed by atoms with Crippen molar-refractivity contribution in [3.05, 3.63) is 152 Å². The third-order valence-electron chi connectivity index (χ3n) is 10.7. The minimum atomic E-state index is -5.00. The van der Waals surface area contributed by atoms with Gasteiger partial charge in [-0.2, -0.15) is 0 Å². The summed E-state index contributed by atoms with van der Waals surface area (Å²) in [4.78, 5) is 0. The van der Waals surface area contributed by atoms with E-state index >= 15 is 0 Å². The van der Waals surface area contributed by atoms with Crippen LogP contribution >= 0.6 is 0 Å². The molecule has 1 saturated heterocycles. The molecule has 7 rings (SSSR count). The molecule has 0 atom stereocenters. The molecule has 0 saturated carbocycles. The van der Waals surface area contributed by atoms with Crippen molar-refractivity contribution in [3.63, 3.8) is 0 Å². The van der Waals surface area contributed by atoms with Crippen LogP contribution in [0.4, 0.5) is 0 Å². The predicted octanol–water partition coefficient (Wildman–Crippen LogP) is 10.1. The van der Waals surface area contributed by atoms with Crippen LogP contribution in [-0.2, 0) is 2.93 Å². The summed E-state index contributed by atoms with van der Waals surface area (Å²) in [6, 6.07) is 30.0. The third kappa shape index (κ3) is 6.70. The molecule has 280 valence electrons. The Morgan fingerprint density at radius 1 is 0.333 bits per heavy atom. The van der Waals surface area contributed by atoms with Gasteiger partial charge in [0.2, 0.25) is 0 Å². The number of hydrogen-bond acceptors (Lipinski definition) is 4. The van der Waals surface area contributed by atoms with E-state index in [9.17, 15) is 6.94 Å². The zero-order chi connectivity index (χ0) is 39.0. The summed E-state index contributed by atoms with van der Waals surface area (Å²) < 4.78 is 41.6. The van der Waals surface area contributed by atoms with E-state index in [0.29, 0.717) is 7.22 Å². The monoisotopic (exact) mass is 952 g/mol. The molecule has 0 aromatic heterocycles. The Hall–Kier alpha value is -3.26. The molecule has 2 N–H and O–H groups in total. The first-order valence-electron chi connectivity index (χ1n) is 18.5. The molecule has 0 aliphatic carbocycles. The summed E-state index contributed by atoms with van der Waals surface area (Å²) in [7, 11) is 0. The van der Waals surface area contributed by atoms with Gasteiger partial charge in [-0.3, -0.25) is 0 Å². The van der Waals surface area contributed by atoms with Crippen molar-refractivity contribution in [3.8, 4) is 44.5 Å². The molecule has 4 nitrogen and oxygen atoms in total. The van der Waals surface area contributed by atoms with Crippen LogP contribution in [0, 0.1) is 83.1 Å². The number of aryl methyl sites for hydroxylation is 12. The van der Waals surface area contributed by atoms with Crippen molar-refractivity contribution in [2.24, 2.45) is 0 Å². The number of hydrogen-bond donors (Lipinski definition) is 2. The second-order valence-corrected chi connectivity index (χ2v) is 29.3. The fourth-order valence-corrected chi connectivity index (χ4v) is 31.6. The van der Waals surface area contributed by atoms with Crippen molar-refractivity contribution < 1.29 is 9.87 Å². The van der Waals surface area contributed by atoms with E-state index in [1.807, 2.05) is 0 Å². The van der Waals surface area contributed by atoms with Gasteiger partial charge in [0.05, 0.1) is 0 Å². The Kier molecular flexibility index (Phi) is 10.4. The zero-order valence-electron chi connectivity index (χ0n) is 33.6. The van der Waals surface area contributed by atoms with E-state index in [0.717, 1.165) is 89.0 Å². The molecule has 0 unspecified atom stereocenters. The second-order valence-electron chi connectivity index (χ2n) is 15.5. The first kappa shape index (κ1) is 39.0. The van der Waals surface area contributed by atoms with Gasteiger partial charge in [0.1, 0.15) is 0 Å². The van der Waals surface area contributed by atoms with Crippen molar-refractivity contribution in [1.82, 2.24) is 0 Å². The van der Waals surface area contributed by atoms with Gasteiger partial charge in [0.25, 0.3) is 0 Å². The van der Waals surface area contributed by atoms with Gasteiger partial charge < -0.3 is 0 Å². The molecule has 1 aliphatic heterocycles. The number of benzene rings is 6. The minimum absolute atomic E-state index is 0.700. The average Bonchev–Trinajstić information content (AvgIpc) is 3.02. The fourth-order valence-electron chi connectivity index (χ4n) is 9.23. The summed E-state index contributed by atoms with van der Waals surface area (Å²) in [5.74, 6) is 0. The molecular formula is C48H52O4Te2. The Balaban J connectivity index is 1.51. The topological polar surface area (TPSA) is 58.9 Å². The van der Waals surface area contributed by atoms with Crippen LogP contribution in [0.2, 0.25) is 0 Å². The zero-order valence-corrected chi connectivity index (χ0v) is 38.3. The van der Waals surface area contributed by atoms with Gasteiger partial charge in [-0.15, -0.1) is 0 Å². The first-order valence-corrected chi connectivity index (χ1v) is 26.8. The summed E-state index contributed by atoms with van der Waals surface area (Å²) in [5.41, 5.74) is 21.6. The molecule has 0 spiro atoms. The summed E-state index contributed by atoms with van der Waals surface area (Å²) in [6.45, 7) is 25.5. The van der Waals surface area contributed by atoms with Crippen LogP contribution in [0.25, 0.3) is 44.5 Å². The van der Waals surface area contributed by atoms with Crippen molar-refractivity contribution in [1.29, 1.82) is 0 Å². The second kappa shape index (κ2) is 14.4. The molecule has 0 bridgehead atoms. The molecule has 1 fully saturated rings. The normalized spacial score (nSPS) is 20.6. The van der Waals surface area contributed by atoms with E-state index in [2.05, 4.69) is 168 Å². The molecular weight excluding hydrogens is 896 g/mol. The van der Waals surface area contributed by atoms with Crippen LogP contribution in [0.15, 0.2) is 84.9 Å². The Morgan fingerprint density at radius 3 is 0.704 bits per heavy atom. The van der Waals surface area contributed by atoms with E-state index in [4.69, 9.17) is 2.93 Å². The van der Waals surface area contributed by atoms with Gasteiger partial charge in [0, 0.05) is 0 Å². The molecule has 0 radical (unpaired) electrons. The Morgan fingerprint density at radius 2 is 0.519 bits per heavy atom. The van der Waals surface area contributed by atoms with Crippen LogP contribution in [-0.4, -0.2) is 45.8 Å². The van der Waals surface area contributed by atoms with Crippen LogP contribution in [0.3, 0.4) is 0 Å². The Bertz CT molecular complexity index is 2090. The van der Waals surface area contributed by atoms with E-state index in [1.165, 1.54) is 22.3 Å². The molecule has 1 aliphatic rings. The summed E-state index contributed by atoms with van der Waals surface area (Å²) in [6.07, 6.45) is 0. The maximum atomic E-state index is 13.1. The fraction of sp³-hybridized carbons (Fsp3) is 0.250. The number of rotatable bonds is 6. The standard InChI is InChI=1S/C48H52O4Te2/c1-27-19-31(5)43(32(6)20-27)39-15-13-16-40(44-33(7)21-28(2)22-34(44)8)47(39)53(49)51-54(50,52-53)48-41(45-35(9)23-29(3)24-36(45)10)17-14-18-42(48)46-37(11)25-30(4)26-38(46)12/h13-26,49-50H,1-12H3. The van der Waals surface area contributed by atoms with E-state index < -0.39 is 38.8 Å². The molecule has 1 heterocycles. The van der Waals surface area contributed by atoms with Crippen LogP contribution in [0.5, 0.6) is 0 Å². The van der Waals surface area contributed by atoms with Gasteiger partial charge >= 0.3 is 335 Å². The third-order valence-corrected chi connectivity index (χ3v) is 32.4. The average molecular weight is 948 g/mol. The summed E-state index contributed by atoms with van der Waals surface area (Å²) >= 11 is -10.00. The van der Waals surface area contributed by atoms with Crippen LogP contribution in [0.1, 0.15) is 66.8 Å². The van der Waals surface area contributed by atoms with E-state index in [1.54, 1.807) is 0 Å². The Labute approximate surface area is 332 Å². The van der Waals surface area contributed by atoms with Crippen molar-refractivity contribution >= 4 is 46.0 Å². The van der Waals surface area contributed by atoms with Gasteiger partial charge in [0.15, 0.2) is 0 Å². The summed E-state index contributed by atoms with van der Waals surface area (Å²) in [5, 5.41) is 0. The molecule has 6 aromatic carbocycles. The van der Waals surface area contributed by atoms with E-state index in [-0.39, 0.29) is 0 Å². The first-order chi connectivity index (χ1) is 25.4. The van der Waals surface area contributed by atoms with Crippen molar-refractivity contribution in [2.45, 2.75) is 83.1 Å². The van der Waals surface area contributed by atoms with Crippen LogP contribution < -0.4 is 7.22 Å². The van der Waals surface area contributed by atoms with Gasteiger partial charge in [-0.1, -0.05) is 0 Å². The molecule has 6 heteroatoms. The molecule has 54 heavy (non-hydrogen) atoms. The van der Waals surface area contributed by atoms with Gasteiger partial charge in [-0.25, -0.2) is 0 Å². The quantitative estimate of drug-likeness (QED) is 0.163.